The van der Waals surface area contributed by atoms with Gasteiger partial charge in [-0.2, -0.15) is 8.75 Å². The maximum Gasteiger partial charge on any atom is 0.170 e. The molecule has 7 aromatic carbocycles. The molecule has 10 aromatic rings. The quantitative estimate of drug-likeness (QED) is 0.0712. The number of aryl methyl sites for hydroxylation is 2. The molecule has 0 radical (unpaired) electrons. The standard InChI is InChI=1S/C62H56F2N4S3/c1-3-5-7-13-23-45-41-53(69-61(45)43-33-37-51(38-34-43)67(47-25-15-9-16-26-47)48-27-17-10-18-28-48)55-57(63)58(64)56(60-59(55)65-71-66-60)54-42-46(24-14-8-6-4-2)62(70-54)44-35-39-52(40-36-44)68(49-29-19-11-20-30-49)50-31-21-12-22-32-50/h9-12,15-22,25-42H,3-8,13-14,23-24H2,1-2H3. The Kier molecular flexibility index (Phi) is 15.2. The largest absolute Gasteiger partial charge is 0.311 e. The fourth-order valence-corrected chi connectivity index (χ4v) is 12.6. The molecular formula is C62H56F2N4S3. The van der Waals surface area contributed by atoms with E-state index in [2.05, 4.69) is 181 Å². The molecule has 0 atom stereocenters. The Morgan fingerprint density at radius 3 is 1.04 bits per heavy atom. The zero-order valence-corrected chi connectivity index (χ0v) is 42.6. The Labute approximate surface area is 428 Å². The van der Waals surface area contributed by atoms with Gasteiger partial charge in [-0.1, -0.05) is 149 Å². The summed E-state index contributed by atoms with van der Waals surface area (Å²) in [5.74, 6) is -1.76. The molecule has 0 aliphatic carbocycles. The lowest BCUT2D eigenvalue weighted by Gasteiger charge is -2.25. The predicted molar refractivity (Wildman–Crippen MR) is 300 cm³/mol. The van der Waals surface area contributed by atoms with Crippen LogP contribution >= 0.6 is 34.4 Å². The van der Waals surface area contributed by atoms with Gasteiger partial charge in [0.05, 0.1) is 22.9 Å². The normalized spacial score (nSPS) is 11.4. The van der Waals surface area contributed by atoms with Crippen molar-refractivity contribution in [2.75, 3.05) is 9.80 Å². The van der Waals surface area contributed by atoms with Crippen molar-refractivity contribution in [1.29, 1.82) is 0 Å². The summed E-state index contributed by atoms with van der Waals surface area (Å²) in [6, 6.07) is 62.9. The van der Waals surface area contributed by atoms with Gasteiger partial charge in [0.2, 0.25) is 0 Å². The number of unbranched alkanes of at least 4 members (excludes halogenated alkanes) is 6. The summed E-state index contributed by atoms with van der Waals surface area (Å²) >= 11 is 4.03. The predicted octanol–water partition coefficient (Wildman–Crippen LogP) is 19.9. The minimum atomic E-state index is -0.882. The van der Waals surface area contributed by atoms with Gasteiger partial charge in [0.15, 0.2) is 11.6 Å². The molecule has 9 heteroatoms. The second kappa shape index (κ2) is 22.5. The van der Waals surface area contributed by atoms with Crippen molar-refractivity contribution in [3.8, 4) is 41.8 Å². The molecule has 0 bridgehead atoms. The van der Waals surface area contributed by atoms with Crippen LogP contribution < -0.4 is 9.80 Å². The smallest absolute Gasteiger partial charge is 0.170 e. The van der Waals surface area contributed by atoms with Crippen LogP contribution in [0.2, 0.25) is 0 Å². The second-order valence-corrected chi connectivity index (χ2v) is 20.6. The first-order chi connectivity index (χ1) is 35.0. The first kappa shape index (κ1) is 47.9. The number of hydrogen-bond acceptors (Lipinski definition) is 7. The Balaban J connectivity index is 1.02. The lowest BCUT2D eigenvalue weighted by atomic mass is 9.99. The van der Waals surface area contributed by atoms with Crippen LogP contribution in [0.1, 0.15) is 76.3 Å². The monoisotopic (exact) mass is 990 g/mol. The Bertz CT molecular complexity index is 3000. The summed E-state index contributed by atoms with van der Waals surface area (Å²) in [5, 5.41) is 0. The van der Waals surface area contributed by atoms with Crippen LogP contribution in [0.3, 0.4) is 0 Å². The van der Waals surface area contributed by atoms with Crippen LogP contribution in [-0.2, 0) is 12.8 Å². The van der Waals surface area contributed by atoms with Gasteiger partial charge in [-0.15, -0.1) is 22.7 Å². The highest BCUT2D eigenvalue weighted by atomic mass is 32.1. The fourth-order valence-electron chi connectivity index (χ4n) is 9.57. The zero-order chi connectivity index (χ0) is 48.5. The van der Waals surface area contributed by atoms with Crippen LogP contribution in [-0.4, -0.2) is 8.75 Å². The second-order valence-electron chi connectivity index (χ2n) is 18.0. The van der Waals surface area contributed by atoms with E-state index < -0.39 is 11.6 Å². The summed E-state index contributed by atoms with van der Waals surface area (Å²) in [6.45, 7) is 4.43. The molecule has 71 heavy (non-hydrogen) atoms. The highest BCUT2D eigenvalue weighted by molar-refractivity contribution is 7.19. The molecule has 356 valence electrons. The highest BCUT2D eigenvalue weighted by Gasteiger charge is 2.29. The van der Waals surface area contributed by atoms with Crippen molar-refractivity contribution in [3.63, 3.8) is 0 Å². The number of anilines is 6. The van der Waals surface area contributed by atoms with E-state index >= 15 is 8.78 Å². The molecule has 10 rings (SSSR count). The summed E-state index contributed by atoms with van der Waals surface area (Å²) < 4.78 is 44.0. The molecule has 0 aliphatic heterocycles. The first-order valence-electron chi connectivity index (χ1n) is 24.9. The SMILES string of the molecule is CCCCCCc1cc(-c2c(F)c(F)c(-c3cc(CCCCCC)c(-c4ccc(N(c5ccccc5)c5ccccc5)cc4)s3)c3nsnc23)sc1-c1ccc(N(c2ccccc2)c2ccccc2)cc1. The van der Waals surface area contributed by atoms with E-state index in [-0.39, 0.29) is 11.1 Å². The third kappa shape index (κ3) is 10.4. The van der Waals surface area contributed by atoms with E-state index in [1.54, 1.807) is 0 Å². The number of aromatic nitrogens is 2. The van der Waals surface area contributed by atoms with Crippen LogP contribution in [0.5, 0.6) is 0 Å². The first-order valence-corrected chi connectivity index (χ1v) is 27.3. The van der Waals surface area contributed by atoms with Crippen molar-refractivity contribution >= 4 is 79.6 Å². The van der Waals surface area contributed by atoms with E-state index in [0.29, 0.717) is 20.8 Å². The lowest BCUT2D eigenvalue weighted by molar-refractivity contribution is 0.516. The van der Waals surface area contributed by atoms with Crippen LogP contribution in [0.4, 0.5) is 42.9 Å². The molecule has 0 N–H and O–H groups in total. The van der Waals surface area contributed by atoms with Gasteiger partial charge in [-0.3, -0.25) is 0 Å². The Morgan fingerprint density at radius 1 is 0.394 bits per heavy atom. The van der Waals surface area contributed by atoms with Crippen molar-refractivity contribution in [3.05, 3.63) is 205 Å². The van der Waals surface area contributed by atoms with Gasteiger partial charge in [-0.05, 0) is 133 Å². The van der Waals surface area contributed by atoms with Crippen molar-refractivity contribution in [2.24, 2.45) is 0 Å². The molecule has 0 saturated carbocycles. The fraction of sp³-hybridized carbons (Fsp3) is 0.194. The average molecular weight is 991 g/mol. The maximum atomic E-state index is 17.3. The molecule has 0 unspecified atom stereocenters. The Hall–Kier alpha value is -6.78. The number of halogens is 2. The van der Waals surface area contributed by atoms with Crippen LogP contribution in [0.15, 0.2) is 182 Å². The number of thiophene rings is 2. The number of fused-ring (bicyclic) bond motifs is 1. The minimum Gasteiger partial charge on any atom is -0.311 e. The van der Waals surface area contributed by atoms with Crippen molar-refractivity contribution in [2.45, 2.75) is 78.1 Å². The number of benzene rings is 7. The number of para-hydroxylation sites is 4. The van der Waals surface area contributed by atoms with E-state index in [1.807, 2.05) is 24.3 Å². The number of nitrogens with zero attached hydrogens (tertiary/aromatic N) is 4. The molecule has 0 spiro atoms. The summed E-state index contributed by atoms with van der Waals surface area (Å²) in [5.41, 5.74) is 11.8. The summed E-state index contributed by atoms with van der Waals surface area (Å²) in [6.07, 6.45) is 10.5. The summed E-state index contributed by atoms with van der Waals surface area (Å²) in [7, 11) is 0. The third-order valence-corrected chi connectivity index (χ3v) is 16.2. The van der Waals surface area contributed by atoms with E-state index in [0.717, 1.165) is 142 Å². The molecule has 0 aliphatic rings. The van der Waals surface area contributed by atoms with Gasteiger partial charge in [0.1, 0.15) is 11.0 Å². The molecule has 4 nitrogen and oxygen atoms in total. The lowest BCUT2D eigenvalue weighted by Crippen LogP contribution is -2.09. The molecular weight excluding hydrogens is 935 g/mol. The highest BCUT2D eigenvalue weighted by Crippen LogP contribution is 2.49. The van der Waals surface area contributed by atoms with Gasteiger partial charge in [0, 0.05) is 53.6 Å². The third-order valence-electron chi connectivity index (χ3n) is 13.1. The van der Waals surface area contributed by atoms with Gasteiger partial charge in [0.25, 0.3) is 0 Å². The molecule has 0 fully saturated rings. The van der Waals surface area contributed by atoms with Crippen molar-refractivity contribution < 1.29 is 8.78 Å². The Morgan fingerprint density at radius 2 is 0.718 bits per heavy atom. The van der Waals surface area contributed by atoms with E-state index in [1.165, 1.54) is 22.7 Å². The molecule has 0 amide bonds. The van der Waals surface area contributed by atoms with Gasteiger partial charge < -0.3 is 9.80 Å². The zero-order valence-electron chi connectivity index (χ0n) is 40.2. The maximum absolute atomic E-state index is 17.3. The van der Waals surface area contributed by atoms with E-state index in [4.69, 9.17) is 8.75 Å². The molecule has 3 aromatic heterocycles. The van der Waals surface area contributed by atoms with Crippen LogP contribution in [0, 0.1) is 11.6 Å². The van der Waals surface area contributed by atoms with Gasteiger partial charge >= 0.3 is 0 Å². The minimum absolute atomic E-state index is 0.186. The van der Waals surface area contributed by atoms with Crippen molar-refractivity contribution in [1.82, 2.24) is 8.75 Å². The summed E-state index contributed by atoms with van der Waals surface area (Å²) in [4.78, 5) is 7.94. The van der Waals surface area contributed by atoms with E-state index in [9.17, 15) is 0 Å². The van der Waals surface area contributed by atoms with Gasteiger partial charge in [-0.25, -0.2) is 8.78 Å². The molecule has 3 heterocycles. The number of rotatable bonds is 20. The molecule has 0 saturated heterocycles. The number of hydrogen-bond donors (Lipinski definition) is 0. The average Bonchev–Trinajstić information content (AvgIpc) is 4.19. The topological polar surface area (TPSA) is 32.3 Å². The van der Waals surface area contributed by atoms with Crippen LogP contribution in [0.25, 0.3) is 52.8 Å².